The minimum Gasteiger partial charge on any atom is -0.290 e. The fraction of sp³-hybridized carbons (Fsp3) is 0. The first-order valence-electron chi connectivity index (χ1n) is 5.89. The van der Waals surface area contributed by atoms with Gasteiger partial charge >= 0.3 is 0 Å². The molecule has 0 aromatic heterocycles. The molecule has 0 aliphatic rings. The highest BCUT2D eigenvalue weighted by atomic mass is 16.2. The van der Waals surface area contributed by atoms with E-state index in [1.54, 1.807) is 42.5 Å². The molecule has 1 amide bonds. The molecule has 0 atom stereocenters. The van der Waals surface area contributed by atoms with Crippen molar-refractivity contribution in [2.24, 2.45) is 5.84 Å². The monoisotopic (exact) mass is 268 g/mol. The summed E-state index contributed by atoms with van der Waals surface area (Å²) in [4.78, 5) is 35.9. The standard InChI is InChI=1S/C15H12N2O3/c16-17-15(20)12-9-5-4-8-11(12)14(19)13(18)10-6-2-1-3-7-10/h1-9H,16H2,(H,17,20). The Morgan fingerprint density at radius 1 is 0.750 bits per heavy atom. The Morgan fingerprint density at radius 2 is 1.30 bits per heavy atom. The number of benzene rings is 2. The van der Waals surface area contributed by atoms with Crippen LogP contribution in [0.25, 0.3) is 0 Å². The molecule has 0 unspecified atom stereocenters. The van der Waals surface area contributed by atoms with Crippen LogP contribution in [0.4, 0.5) is 0 Å². The van der Waals surface area contributed by atoms with Gasteiger partial charge in [0.05, 0.1) is 5.56 Å². The van der Waals surface area contributed by atoms with E-state index in [0.29, 0.717) is 0 Å². The summed E-state index contributed by atoms with van der Waals surface area (Å²) in [7, 11) is 0. The first kappa shape index (κ1) is 13.6. The van der Waals surface area contributed by atoms with Gasteiger partial charge in [-0.15, -0.1) is 0 Å². The SMILES string of the molecule is NNC(=O)c1ccccc1C(=O)C(=O)c1ccccc1. The maximum atomic E-state index is 12.2. The zero-order valence-corrected chi connectivity index (χ0v) is 10.5. The summed E-state index contributed by atoms with van der Waals surface area (Å²) >= 11 is 0. The van der Waals surface area contributed by atoms with Gasteiger partial charge in [-0.1, -0.05) is 48.5 Å². The summed E-state index contributed by atoms with van der Waals surface area (Å²) in [5.41, 5.74) is 2.34. The molecule has 0 spiro atoms. The Kier molecular flexibility index (Phi) is 4.02. The molecule has 5 heteroatoms. The molecule has 2 aromatic rings. The summed E-state index contributed by atoms with van der Waals surface area (Å²) < 4.78 is 0. The Labute approximate surface area is 115 Å². The third-order valence-corrected chi connectivity index (χ3v) is 2.79. The van der Waals surface area contributed by atoms with E-state index < -0.39 is 17.5 Å². The van der Waals surface area contributed by atoms with Crippen LogP contribution >= 0.6 is 0 Å². The van der Waals surface area contributed by atoms with Crippen LogP contribution in [0.3, 0.4) is 0 Å². The summed E-state index contributed by atoms with van der Waals surface area (Å²) in [6, 6.07) is 14.2. The van der Waals surface area contributed by atoms with E-state index in [9.17, 15) is 14.4 Å². The van der Waals surface area contributed by atoms with Crippen molar-refractivity contribution in [2.75, 3.05) is 0 Å². The molecule has 0 saturated carbocycles. The fourth-order valence-electron chi connectivity index (χ4n) is 1.80. The van der Waals surface area contributed by atoms with E-state index >= 15 is 0 Å². The maximum absolute atomic E-state index is 12.2. The van der Waals surface area contributed by atoms with Gasteiger partial charge in [-0.3, -0.25) is 19.8 Å². The van der Waals surface area contributed by atoms with Gasteiger partial charge in [0.2, 0.25) is 11.6 Å². The molecular weight excluding hydrogens is 256 g/mol. The minimum absolute atomic E-state index is 0.0318. The van der Waals surface area contributed by atoms with E-state index in [-0.39, 0.29) is 16.7 Å². The van der Waals surface area contributed by atoms with Gasteiger partial charge in [-0.25, -0.2) is 5.84 Å². The molecule has 3 N–H and O–H groups in total. The van der Waals surface area contributed by atoms with Crippen LogP contribution in [0.5, 0.6) is 0 Å². The van der Waals surface area contributed by atoms with Crippen LogP contribution < -0.4 is 11.3 Å². The molecule has 0 heterocycles. The first-order valence-corrected chi connectivity index (χ1v) is 5.89. The molecule has 2 aromatic carbocycles. The highest BCUT2D eigenvalue weighted by molar-refractivity contribution is 6.50. The fourth-order valence-corrected chi connectivity index (χ4v) is 1.80. The number of ketones is 2. The van der Waals surface area contributed by atoms with Gasteiger partial charge in [-0.05, 0) is 6.07 Å². The second kappa shape index (κ2) is 5.90. The van der Waals surface area contributed by atoms with Crippen molar-refractivity contribution in [1.82, 2.24) is 5.43 Å². The second-order valence-electron chi connectivity index (χ2n) is 4.04. The van der Waals surface area contributed by atoms with E-state index in [2.05, 4.69) is 0 Å². The topological polar surface area (TPSA) is 89.3 Å². The number of carbonyl (C=O) groups excluding carboxylic acids is 3. The molecule has 0 fully saturated rings. The number of hydrogen-bond donors (Lipinski definition) is 2. The van der Waals surface area contributed by atoms with Crippen LogP contribution in [0.2, 0.25) is 0 Å². The summed E-state index contributed by atoms with van der Waals surface area (Å²) in [5.74, 6) is 3.04. The van der Waals surface area contributed by atoms with E-state index in [4.69, 9.17) is 5.84 Å². The average molecular weight is 268 g/mol. The highest BCUT2D eigenvalue weighted by Gasteiger charge is 2.22. The van der Waals surface area contributed by atoms with Crippen molar-refractivity contribution in [3.63, 3.8) is 0 Å². The number of rotatable bonds is 4. The lowest BCUT2D eigenvalue weighted by atomic mass is 9.97. The number of nitrogens with one attached hydrogen (secondary N) is 1. The van der Waals surface area contributed by atoms with Crippen molar-refractivity contribution >= 4 is 17.5 Å². The van der Waals surface area contributed by atoms with E-state index in [1.165, 1.54) is 12.1 Å². The molecule has 0 saturated heterocycles. The number of nitrogens with two attached hydrogens (primary N) is 1. The number of nitrogen functional groups attached to an aromatic ring is 1. The van der Waals surface area contributed by atoms with Crippen LogP contribution in [-0.2, 0) is 0 Å². The number of carbonyl (C=O) groups is 3. The molecule has 0 aliphatic carbocycles. The van der Waals surface area contributed by atoms with Crippen LogP contribution in [0.1, 0.15) is 31.1 Å². The second-order valence-corrected chi connectivity index (χ2v) is 4.04. The zero-order chi connectivity index (χ0) is 14.5. The molecule has 5 nitrogen and oxygen atoms in total. The quantitative estimate of drug-likeness (QED) is 0.288. The average Bonchev–Trinajstić information content (AvgIpc) is 2.53. The van der Waals surface area contributed by atoms with Gasteiger partial charge in [0.15, 0.2) is 0 Å². The molecule has 0 radical (unpaired) electrons. The van der Waals surface area contributed by atoms with Crippen LogP contribution in [0, 0.1) is 0 Å². The molecular formula is C15H12N2O3. The summed E-state index contributed by atoms with van der Waals surface area (Å²) in [5, 5.41) is 0. The maximum Gasteiger partial charge on any atom is 0.265 e. The van der Waals surface area contributed by atoms with Crippen molar-refractivity contribution in [2.45, 2.75) is 0 Å². The largest absolute Gasteiger partial charge is 0.290 e. The Hall–Kier alpha value is -2.79. The van der Waals surface area contributed by atoms with Gasteiger partial charge in [0, 0.05) is 11.1 Å². The predicted octanol–water partition coefficient (Wildman–Crippen LogP) is 1.36. The zero-order valence-electron chi connectivity index (χ0n) is 10.5. The van der Waals surface area contributed by atoms with E-state index in [1.807, 2.05) is 5.43 Å². The molecule has 2 rings (SSSR count). The lowest BCUT2D eigenvalue weighted by Gasteiger charge is -2.06. The van der Waals surface area contributed by atoms with Crippen LogP contribution in [-0.4, -0.2) is 17.5 Å². The number of hydrogen-bond acceptors (Lipinski definition) is 4. The van der Waals surface area contributed by atoms with Crippen LogP contribution in [0.15, 0.2) is 54.6 Å². The minimum atomic E-state index is -0.740. The third kappa shape index (κ3) is 2.62. The van der Waals surface area contributed by atoms with Crippen molar-refractivity contribution < 1.29 is 14.4 Å². The number of Topliss-reactive ketones (excluding diaryl/α,β-unsaturated/α-hetero) is 2. The van der Waals surface area contributed by atoms with Gasteiger partial charge in [0.25, 0.3) is 5.91 Å². The highest BCUT2D eigenvalue weighted by Crippen LogP contribution is 2.13. The lowest BCUT2D eigenvalue weighted by Crippen LogP contribution is -2.32. The Bertz CT molecular complexity index is 666. The normalized spacial score (nSPS) is 9.85. The lowest BCUT2D eigenvalue weighted by molar-refractivity contribution is 0.0814. The van der Waals surface area contributed by atoms with E-state index in [0.717, 1.165) is 0 Å². The first-order chi connectivity index (χ1) is 9.65. The molecule has 20 heavy (non-hydrogen) atoms. The van der Waals surface area contributed by atoms with Gasteiger partial charge < -0.3 is 0 Å². The number of hydrazine groups is 1. The smallest absolute Gasteiger partial charge is 0.265 e. The third-order valence-electron chi connectivity index (χ3n) is 2.79. The van der Waals surface area contributed by atoms with Crippen molar-refractivity contribution in [3.8, 4) is 0 Å². The van der Waals surface area contributed by atoms with Gasteiger partial charge in [0.1, 0.15) is 0 Å². The van der Waals surface area contributed by atoms with Gasteiger partial charge in [-0.2, -0.15) is 0 Å². The summed E-state index contributed by atoms with van der Waals surface area (Å²) in [6.45, 7) is 0. The molecule has 100 valence electrons. The number of amides is 1. The van der Waals surface area contributed by atoms with Crippen molar-refractivity contribution in [1.29, 1.82) is 0 Å². The molecule has 0 bridgehead atoms. The molecule has 0 aliphatic heterocycles. The summed E-state index contributed by atoms with van der Waals surface area (Å²) in [6.07, 6.45) is 0. The predicted molar refractivity (Wildman–Crippen MR) is 73.2 cm³/mol. The van der Waals surface area contributed by atoms with Crippen molar-refractivity contribution in [3.05, 3.63) is 71.3 Å². The Morgan fingerprint density at radius 3 is 1.90 bits per heavy atom. The Balaban J connectivity index is 2.40.